The molecular formula is C15H23IN6OS. The third kappa shape index (κ3) is 5.15. The Morgan fingerprint density at radius 2 is 2.17 bits per heavy atom. The summed E-state index contributed by atoms with van der Waals surface area (Å²) in [5.74, 6) is 0.943. The van der Waals surface area contributed by atoms with Crippen LogP contribution < -0.4 is 5.32 Å². The van der Waals surface area contributed by atoms with Crippen molar-refractivity contribution in [1.29, 1.82) is 0 Å². The number of guanidine groups is 1. The van der Waals surface area contributed by atoms with E-state index in [4.69, 9.17) is 4.52 Å². The van der Waals surface area contributed by atoms with E-state index in [2.05, 4.69) is 37.2 Å². The number of hydrogen-bond donors (Lipinski definition) is 1. The zero-order chi connectivity index (χ0) is 16.1. The Kier molecular flexibility index (Phi) is 7.43. The van der Waals surface area contributed by atoms with E-state index in [1.54, 1.807) is 17.6 Å². The number of aromatic nitrogens is 2. The highest BCUT2D eigenvalue weighted by Crippen LogP contribution is 2.11. The van der Waals surface area contributed by atoms with Crippen molar-refractivity contribution in [3.8, 4) is 0 Å². The maximum absolute atomic E-state index is 4.89. The van der Waals surface area contributed by atoms with Gasteiger partial charge >= 0.3 is 0 Å². The number of nitrogens with one attached hydrogen (secondary N) is 1. The summed E-state index contributed by atoms with van der Waals surface area (Å²) in [4.78, 5) is 14.7. The van der Waals surface area contributed by atoms with E-state index in [9.17, 15) is 0 Å². The van der Waals surface area contributed by atoms with Crippen LogP contribution in [0, 0.1) is 6.92 Å². The molecule has 0 radical (unpaired) electrons. The van der Waals surface area contributed by atoms with Gasteiger partial charge in [-0.3, -0.25) is 9.89 Å². The Hall–Kier alpha value is -1.20. The molecule has 0 unspecified atom stereocenters. The van der Waals surface area contributed by atoms with Crippen molar-refractivity contribution in [3.05, 3.63) is 34.1 Å². The lowest BCUT2D eigenvalue weighted by molar-refractivity contribution is 0.169. The van der Waals surface area contributed by atoms with Crippen LogP contribution in [0.4, 0.5) is 0 Å². The zero-order valence-corrected chi connectivity index (χ0v) is 17.1. The van der Waals surface area contributed by atoms with Crippen LogP contribution >= 0.6 is 35.3 Å². The van der Waals surface area contributed by atoms with Crippen LogP contribution in [0.5, 0.6) is 0 Å². The van der Waals surface area contributed by atoms with Crippen molar-refractivity contribution in [2.24, 2.45) is 4.99 Å². The quantitative estimate of drug-likeness (QED) is 0.426. The van der Waals surface area contributed by atoms with Gasteiger partial charge in [-0.2, -0.15) is 0 Å². The standard InChI is InChI=1S/C15H22N6OS.HI/c1-12-9-17-14(23-12)10-18-15(16-2)21-6-4-20(5-7-21)11-13-3-8-22-19-13;/h3,8-9H,4-7,10-11H2,1-2H3,(H,16,18);1H. The smallest absolute Gasteiger partial charge is 0.194 e. The molecule has 9 heteroatoms. The number of halogens is 1. The van der Waals surface area contributed by atoms with E-state index in [-0.39, 0.29) is 24.0 Å². The number of nitrogens with zero attached hydrogens (tertiary/aromatic N) is 5. The first-order valence-corrected chi connectivity index (χ1v) is 8.55. The minimum atomic E-state index is 0. The average Bonchev–Trinajstić information content (AvgIpc) is 3.21. The molecular weight excluding hydrogens is 439 g/mol. The number of thiazole rings is 1. The van der Waals surface area contributed by atoms with Crippen molar-refractivity contribution in [2.45, 2.75) is 20.0 Å². The molecule has 2 aromatic heterocycles. The Labute approximate surface area is 163 Å². The molecule has 1 N–H and O–H groups in total. The van der Waals surface area contributed by atoms with Crippen molar-refractivity contribution in [1.82, 2.24) is 25.3 Å². The SMILES string of the molecule is CN=C(NCc1ncc(C)s1)N1CCN(Cc2ccon2)CC1.I. The predicted octanol–water partition coefficient (Wildman–Crippen LogP) is 1.95. The molecule has 0 bridgehead atoms. The van der Waals surface area contributed by atoms with Crippen molar-refractivity contribution in [3.63, 3.8) is 0 Å². The van der Waals surface area contributed by atoms with E-state index in [0.29, 0.717) is 0 Å². The van der Waals surface area contributed by atoms with Gasteiger partial charge in [0.05, 0.1) is 12.2 Å². The van der Waals surface area contributed by atoms with Gasteiger partial charge in [-0.25, -0.2) is 4.98 Å². The summed E-state index contributed by atoms with van der Waals surface area (Å²) in [6.45, 7) is 7.53. The molecule has 24 heavy (non-hydrogen) atoms. The summed E-state index contributed by atoms with van der Waals surface area (Å²) in [6, 6.07) is 1.92. The largest absolute Gasteiger partial charge is 0.364 e. The highest BCUT2D eigenvalue weighted by Gasteiger charge is 2.20. The molecule has 7 nitrogen and oxygen atoms in total. The van der Waals surface area contributed by atoms with Gasteiger partial charge in [0, 0.05) is 56.9 Å². The van der Waals surface area contributed by atoms with Gasteiger partial charge in [-0.1, -0.05) is 5.16 Å². The molecule has 1 saturated heterocycles. The molecule has 1 fully saturated rings. The van der Waals surface area contributed by atoms with Crippen LogP contribution in [-0.4, -0.2) is 59.1 Å². The van der Waals surface area contributed by atoms with E-state index in [1.165, 1.54) is 4.88 Å². The zero-order valence-electron chi connectivity index (χ0n) is 13.9. The highest BCUT2D eigenvalue weighted by molar-refractivity contribution is 14.0. The first-order chi connectivity index (χ1) is 11.2. The molecule has 0 saturated carbocycles. The van der Waals surface area contributed by atoms with Crippen LogP contribution in [-0.2, 0) is 13.1 Å². The lowest BCUT2D eigenvalue weighted by Gasteiger charge is -2.36. The van der Waals surface area contributed by atoms with Gasteiger partial charge < -0.3 is 14.7 Å². The van der Waals surface area contributed by atoms with Crippen LogP contribution in [0.3, 0.4) is 0 Å². The van der Waals surface area contributed by atoms with Crippen LogP contribution in [0.15, 0.2) is 28.0 Å². The molecule has 0 atom stereocenters. The summed E-state index contributed by atoms with van der Waals surface area (Å²) in [6.07, 6.45) is 3.53. The molecule has 3 heterocycles. The Morgan fingerprint density at radius 3 is 2.75 bits per heavy atom. The second-order valence-electron chi connectivity index (χ2n) is 5.52. The predicted molar refractivity (Wildman–Crippen MR) is 106 cm³/mol. The molecule has 2 aromatic rings. The third-order valence-electron chi connectivity index (χ3n) is 3.83. The minimum absolute atomic E-state index is 0. The van der Waals surface area contributed by atoms with Crippen LogP contribution in [0.2, 0.25) is 0 Å². The number of rotatable bonds is 4. The fourth-order valence-electron chi connectivity index (χ4n) is 2.64. The topological polar surface area (TPSA) is 69.8 Å². The van der Waals surface area contributed by atoms with Crippen molar-refractivity contribution in [2.75, 3.05) is 33.2 Å². The van der Waals surface area contributed by atoms with E-state index in [0.717, 1.165) is 55.9 Å². The summed E-state index contributed by atoms with van der Waals surface area (Å²) in [5, 5.41) is 8.47. The summed E-state index contributed by atoms with van der Waals surface area (Å²) < 4.78 is 4.89. The fourth-order valence-corrected chi connectivity index (χ4v) is 3.36. The number of hydrogen-bond acceptors (Lipinski definition) is 6. The third-order valence-corrected chi connectivity index (χ3v) is 4.74. The lowest BCUT2D eigenvalue weighted by Crippen LogP contribution is -2.52. The maximum atomic E-state index is 4.89. The summed E-state index contributed by atoms with van der Waals surface area (Å²) in [5.41, 5.74) is 0.986. The van der Waals surface area contributed by atoms with Crippen LogP contribution in [0.25, 0.3) is 0 Å². The van der Waals surface area contributed by atoms with Gasteiger partial charge in [0.2, 0.25) is 0 Å². The van der Waals surface area contributed by atoms with Gasteiger partial charge in [-0.05, 0) is 6.92 Å². The Balaban J connectivity index is 0.00000208. The van der Waals surface area contributed by atoms with Gasteiger partial charge in [0.15, 0.2) is 5.96 Å². The second kappa shape index (κ2) is 9.33. The molecule has 3 rings (SSSR count). The van der Waals surface area contributed by atoms with E-state index < -0.39 is 0 Å². The molecule has 0 aromatic carbocycles. The second-order valence-corrected chi connectivity index (χ2v) is 6.84. The Bertz CT molecular complexity index is 636. The van der Waals surface area contributed by atoms with Crippen molar-refractivity contribution >= 4 is 41.3 Å². The van der Waals surface area contributed by atoms with Crippen molar-refractivity contribution < 1.29 is 4.52 Å². The molecule has 0 spiro atoms. The molecule has 132 valence electrons. The molecule has 0 aliphatic carbocycles. The van der Waals surface area contributed by atoms with Gasteiger partial charge in [-0.15, -0.1) is 35.3 Å². The molecule has 1 aliphatic heterocycles. The summed E-state index contributed by atoms with van der Waals surface area (Å²) in [7, 11) is 1.83. The molecule has 1 aliphatic rings. The van der Waals surface area contributed by atoms with E-state index >= 15 is 0 Å². The minimum Gasteiger partial charge on any atom is -0.364 e. The normalized spacial score (nSPS) is 16.1. The summed E-state index contributed by atoms with van der Waals surface area (Å²) >= 11 is 1.72. The van der Waals surface area contributed by atoms with E-state index in [1.807, 2.05) is 19.3 Å². The average molecular weight is 462 g/mol. The first-order valence-electron chi connectivity index (χ1n) is 7.73. The highest BCUT2D eigenvalue weighted by atomic mass is 127. The first kappa shape index (κ1) is 19.1. The van der Waals surface area contributed by atoms with Gasteiger partial charge in [0.25, 0.3) is 0 Å². The molecule has 0 amide bonds. The monoisotopic (exact) mass is 462 g/mol. The number of aliphatic imine (C=N–C) groups is 1. The fraction of sp³-hybridized carbons (Fsp3) is 0.533. The van der Waals surface area contributed by atoms with Gasteiger partial charge in [0.1, 0.15) is 11.3 Å². The maximum Gasteiger partial charge on any atom is 0.194 e. The number of piperazine rings is 1. The van der Waals surface area contributed by atoms with Crippen LogP contribution in [0.1, 0.15) is 15.6 Å². The Morgan fingerprint density at radius 1 is 1.38 bits per heavy atom. The lowest BCUT2D eigenvalue weighted by atomic mass is 10.3. The number of aryl methyl sites for hydroxylation is 1.